The van der Waals surface area contributed by atoms with Crippen LogP contribution in [-0.2, 0) is 26.2 Å². The highest BCUT2D eigenvalue weighted by Crippen LogP contribution is 2.27. The van der Waals surface area contributed by atoms with Crippen molar-refractivity contribution in [2.24, 2.45) is 0 Å². The van der Waals surface area contributed by atoms with Crippen LogP contribution in [0.5, 0.6) is 0 Å². The number of anilines is 1. The number of sulfonamides is 1. The number of amides is 2. The average Bonchev–Trinajstić information content (AvgIpc) is 2.97. The van der Waals surface area contributed by atoms with Gasteiger partial charge in [0.25, 0.3) is 10.0 Å². The zero-order valence-electron chi connectivity index (χ0n) is 22.6. The topological polar surface area (TPSA) is 86.8 Å². The second-order valence-corrected chi connectivity index (χ2v) is 12.8. The molecule has 3 aromatic carbocycles. The van der Waals surface area contributed by atoms with Crippen molar-refractivity contribution in [1.29, 1.82) is 0 Å². The van der Waals surface area contributed by atoms with Gasteiger partial charge >= 0.3 is 0 Å². The zero-order chi connectivity index (χ0) is 29.6. The molecule has 2 amide bonds. The Kier molecular flexibility index (Phi) is 10.3. The van der Waals surface area contributed by atoms with Gasteiger partial charge in [-0.25, -0.2) is 12.8 Å². The highest BCUT2D eigenvalue weighted by Gasteiger charge is 2.33. The number of rotatable bonds is 10. The minimum Gasteiger partial charge on any atom is -0.352 e. The summed E-state index contributed by atoms with van der Waals surface area (Å²) >= 11 is 12.3. The van der Waals surface area contributed by atoms with Gasteiger partial charge in [0, 0.05) is 12.6 Å². The Balaban J connectivity index is 1.67. The molecular weight excluding hydrogens is 588 g/mol. The lowest BCUT2D eigenvalue weighted by atomic mass is 9.95. The van der Waals surface area contributed by atoms with Crippen LogP contribution in [0.2, 0.25) is 10.0 Å². The molecule has 218 valence electrons. The maximum atomic E-state index is 14.0. The Morgan fingerprint density at radius 1 is 0.951 bits per heavy atom. The lowest BCUT2D eigenvalue weighted by Gasteiger charge is -2.33. The molecule has 1 aliphatic carbocycles. The summed E-state index contributed by atoms with van der Waals surface area (Å²) in [6, 6.07) is 16.5. The van der Waals surface area contributed by atoms with E-state index in [2.05, 4.69) is 5.32 Å². The van der Waals surface area contributed by atoms with Crippen molar-refractivity contribution < 1.29 is 22.4 Å². The molecule has 1 fully saturated rings. The number of carbonyl (C=O) groups excluding carboxylic acids is 2. The molecule has 7 nitrogen and oxygen atoms in total. The number of hydrogen-bond donors (Lipinski definition) is 1. The molecule has 0 saturated heterocycles. The molecule has 0 heterocycles. The van der Waals surface area contributed by atoms with Crippen molar-refractivity contribution in [2.75, 3.05) is 10.8 Å². The second-order valence-electron chi connectivity index (χ2n) is 10.1. The molecule has 0 aromatic heterocycles. The molecule has 4 rings (SSSR count). The monoisotopic (exact) mass is 619 g/mol. The van der Waals surface area contributed by atoms with E-state index in [0.717, 1.165) is 48.5 Å². The maximum absolute atomic E-state index is 14.0. The molecule has 0 radical (unpaired) electrons. The van der Waals surface area contributed by atoms with Crippen molar-refractivity contribution in [3.63, 3.8) is 0 Å². The van der Waals surface area contributed by atoms with Crippen LogP contribution in [0.4, 0.5) is 10.1 Å². The Labute approximate surface area is 250 Å². The fraction of sp³-hybridized carbons (Fsp3) is 0.333. The summed E-state index contributed by atoms with van der Waals surface area (Å²) in [5.41, 5.74) is 0.724. The molecule has 11 heteroatoms. The van der Waals surface area contributed by atoms with Crippen molar-refractivity contribution in [1.82, 2.24) is 10.2 Å². The molecule has 3 aromatic rings. The smallest absolute Gasteiger partial charge is 0.264 e. The fourth-order valence-electron chi connectivity index (χ4n) is 4.84. The van der Waals surface area contributed by atoms with Crippen LogP contribution >= 0.6 is 23.2 Å². The highest BCUT2D eigenvalue weighted by atomic mass is 35.5. The number of nitrogens with one attached hydrogen (secondary N) is 1. The van der Waals surface area contributed by atoms with E-state index in [0.29, 0.717) is 10.6 Å². The Morgan fingerprint density at radius 2 is 1.61 bits per heavy atom. The molecule has 1 N–H and O–H groups in total. The molecule has 41 heavy (non-hydrogen) atoms. The Morgan fingerprint density at radius 3 is 2.24 bits per heavy atom. The molecule has 1 atom stereocenters. The summed E-state index contributed by atoms with van der Waals surface area (Å²) in [6.07, 6.45) is 4.91. The van der Waals surface area contributed by atoms with Gasteiger partial charge in [0.2, 0.25) is 11.8 Å². The molecule has 0 bridgehead atoms. The van der Waals surface area contributed by atoms with E-state index in [9.17, 15) is 22.4 Å². The normalized spacial score (nSPS) is 14.7. The summed E-state index contributed by atoms with van der Waals surface area (Å²) in [6.45, 7) is 0.977. The van der Waals surface area contributed by atoms with Crippen LogP contribution in [0.1, 0.15) is 44.6 Å². The standard InChI is InChI=1S/C30H32Cl2FN3O4S/c1-21(30(38)34-24-8-4-2-5-9-24)35(19-22-12-17-27(31)28(32)18-22)29(37)20-36(25-15-13-23(33)14-16-25)41(39,40)26-10-6-3-7-11-26/h3,6-7,10-18,21,24H,2,4-5,8-9,19-20H2,1H3,(H,34,38)/t21-/m0/s1. The number of hydrogen-bond acceptors (Lipinski definition) is 4. The first-order valence-electron chi connectivity index (χ1n) is 13.4. The summed E-state index contributed by atoms with van der Waals surface area (Å²) in [7, 11) is -4.23. The molecule has 1 aliphatic rings. The summed E-state index contributed by atoms with van der Waals surface area (Å²) in [5.74, 6) is -1.50. The van der Waals surface area contributed by atoms with Gasteiger partial charge in [-0.2, -0.15) is 0 Å². The highest BCUT2D eigenvalue weighted by molar-refractivity contribution is 7.92. The quantitative estimate of drug-likeness (QED) is 0.293. The van der Waals surface area contributed by atoms with E-state index in [4.69, 9.17) is 23.2 Å². The van der Waals surface area contributed by atoms with Gasteiger partial charge in [-0.05, 0) is 73.9 Å². The van der Waals surface area contributed by atoms with Crippen LogP contribution in [0.25, 0.3) is 0 Å². The summed E-state index contributed by atoms with van der Waals surface area (Å²) in [5, 5.41) is 3.68. The van der Waals surface area contributed by atoms with Gasteiger partial charge < -0.3 is 10.2 Å². The predicted molar refractivity (Wildman–Crippen MR) is 159 cm³/mol. The summed E-state index contributed by atoms with van der Waals surface area (Å²) in [4.78, 5) is 28.6. The van der Waals surface area contributed by atoms with Gasteiger partial charge in [-0.1, -0.05) is 66.7 Å². The Bertz CT molecular complexity index is 1470. The third kappa shape index (κ3) is 7.78. The van der Waals surface area contributed by atoms with Gasteiger partial charge in [0.05, 0.1) is 20.6 Å². The Hall–Kier alpha value is -3.14. The van der Waals surface area contributed by atoms with Crippen molar-refractivity contribution in [3.8, 4) is 0 Å². The van der Waals surface area contributed by atoms with Crippen LogP contribution in [0, 0.1) is 5.82 Å². The minimum absolute atomic E-state index is 0.0163. The van der Waals surface area contributed by atoms with E-state index in [1.807, 2.05) is 0 Å². The average molecular weight is 621 g/mol. The molecule has 1 saturated carbocycles. The van der Waals surface area contributed by atoms with E-state index in [-0.39, 0.29) is 34.1 Å². The van der Waals surface area contributed by atoms with Crippen molar-refractivity contribution >= 4 is 50.7 Å². The van der Waals surface area contributed by atoms with E-state index < -0.39 is 34.3 Å². The van der Waals surface area contributed by atoms with Crippen molar-refractivity contribution in [2.45, 2.75) is 62.6 Å². The minimum atomic E-state index is -4.23. The van der Waals surface area contributed by atoms with E-state index >= 15 is 0 Å². The lowest BCUT2D eigenvalue weighted by Crippen LogP contribution is -2.53. The first kappa shape index (κ1) is 30.8. The molecule has 0 aliphatic heterocycles. The van der Waals surface area contributed by atoms with Gasteiger partial charge in [-0.3, -0.25) is 13.9 Å². The summed E-state index contributed by atoms with van der Waals surface area (Å²) < 4.78 is 42.1. The molecule has 0 unspecified atom stereocenters. The van der Waals surface area contributed by atoms with E-state index in [1.54, 1.807) is 43.3 Å². The lowest BCUT2D eigenvalue weighted by molar-refractivity contribution is -0.139. The van der Waals surface area contributed by atoms with Crippen molar-refractivity contribution in [3.05, 3.63) is 94.2 Å². The van der Waals surface area contributed by atoms with Gasteiger partial charge in [-0.15, -0.1) is 0 Å². The maximum Gasteiger partial charge on any atom is 0.264 e. The van der Waals surface area contributed by atoms with Crippen LogP contribution in [-0.4, -0.2) is 43.8 Å². The molecular formula is C30H32Cl2FN3O4S. The number of halogens is 3. The van der Waals surface area contributed by atoms with E-state index in [1.165, 1.54) is 29.2 Å². The van der Waals surface area contributed by atoms with Crippen LogP contribution < -0.4 is 9.62 Å². The fourth-order valence-corrected chi connectivity index (χ4v) is 6.60. The third-order valence-electron chi connectivity index (χ3n) is 7.18. The first-order chi connectivity index (χ1) is 19.6. The number of benzene rings is 3. The van der Waals surface area contributed by atoms with Gasteiger partial charge in [0.1, 0.15) is 18.4 Å². The zero-order valence-corrected chi connectivity index (χ0v) is 24.9. The molecule has 0 spiro atoms. The second kappa shape index (κ2) is 13.7. The van der Waals surface area contributed by atoms with Crippen LogP contribution in [0.3, 0.4) is 0 Å². The largest absolute Gasteiger partial charge is 0.352 e. The predicted octanol–water partition coefficient (Wildman–Crippen LogP) is 6.19. The first-order valence-corrected chi connectivity index (χ1v) is 15.6. The van der Waals surface area contributed by atoms with Gasteiger partial charge in [0.15, 0.2) is 0 Å². The van der Waals surface area contributed by atoms with Crippen LogP contribution in [0.15, 0.2) is 77.7 Å². The SMILES string of the molecule is C[C@@H](C(=O)NC1CCCCC1)N(Cc1ccc(Cl)c(Cl)c1)C(=O)CN(c1ccc(F)cc1)S(=O)(=O)c1ccccc1. The number of nitrogens with zero attached hydrogens (tertiary/aromatic N) is 2. The third-order valence-corrected chi connectivity index (χ3v) is 9.71. The number of carbonyl (C=O) groups is 2.